The maximum atomic E-state index is 14.3. The molecule has 2 aliphatic carbocycles. The number of piperazine rings is 1. The van der Waals surface area contributed by atoms with E-state index in [1.165, 1.54) is 18.4 Å². The molecule has 3 heterocycles. The third-order valence-corrected chi connectivity index (χ3v) is 11.1. The van der Waals surface area contributed by atoms with Gasteiger partial charge in [-0.25, -0.2) is 9.86 Å². The molecule has 2 aromatic carbocycles. The molecule has 2 saturated carbocycles. The Morgan fingerprint density at radius 2 is 1.73 bits per heavy atom. The maximum absolute atomic E-state index is 14.3. The lowest BCUT2D eigenvalue weighted by Gasteiger charge is -2.39. The standard InChI is InChI=1S/C34H43N5O5S/c1-44-27-12-9-24(10-13-27)31-30(23-6-3-2-4-7-23)28-14-11-25(32(40)36-45(35,42)43)20-29(28)39(31)22-34(15-16-34)33(41)38-19-18-37-17-5-8-26(37)21-38/h9-14,20,23,26H,2-8,15-19,21-22H2,1H3,(H,36,40)(H2,35,42,43). The van der Waals surface area contributed by atoms with E-state index in [4.69, 9.17) is 9.88 Å². The van der Waals surface area contributed by atoms with E-state index in [9.17, 15) is 18.0 Å². The van der Waals surface area contributed by atoms with Crippen molar-refractivity contribution in [2.24, 2.45) is 10.6 Å². The second-order valence-electron chi connectivity index (χ2n) is 13.5. The van der Waals surface area contributed by atoms with Gasteiger partial charge in [0.15, 0.2) is 0 Å². The Balaban J connectivity index is 1.36. The highest BCUT2D eigenvalue weighted by molar-refractivity contribution is 7.87. The summed E-state index contributed by atoms with van der Waals surface area (Å²) in [5.74, 6) is 0.565. The Morgan fingerprint density at radius 3 is 2.42 bits per heavy atom. The van der Waals surface area contributed by atoms with Gasteiger partial charge in [-0.1, -0.05) is 25.3 Å². The Morgan fingerprint density at radius 1 is 0.978 bits per heavy atom. The van der Waals surface area contributed by atoms with Crippen LogP contribution in [0.4, 0.5) is 0 Å². The van der Waals surface area contributed by atoms with E-state index in [-0.39, 0.29) is 11.5 Å². The van der Waals surface area contributed by atoms with Crippen molar-refractivity contribution in [3.05, 3.63) is 53.6 Å². The molecule has 240 valence electrons. The summed E-state index contributed by atoms with van der Waals surface area (Å²) in [6.45, 7) is 4.12. The van der Waals surface area contributed by atoms with Gasteiger partial charge in [0.2, 0.25) is 5.91 Å². The average Bonchev–Trinajstić information content (AvgIpc) is 3.55. The molecular formula is C34H43N5O5S. The number of nitrogens with zero attached hydrogens (tertiary/aromatic N) is 3. The van der Waals surface area contributed by atoms with Crippen LogP contribution in [-0.2, 0) is 21.5 Å². The summed E-state index contributed by atoms with van der Waals surface area (Å²) >= 11 is 0. The monoisotopic (exact) mass is 633 g/mol. The molecule has 45 heavy (non-hydrogen) atoms. The highest BCUT2D eigenvalue weighted by Crippen LogP contribution is 2.52. The van der Waals surface area contributed by atoms with Crippen LogP contribution in [0.5, 0.6) is 5.75 Å². The van der Waals surface area contributed by atoms with E-state index in [0.29, 0.717) is 18.5 Å². The van der Waals surface area contributed by atoms with Crippen LogP contribution in [0.2, 0.25) is 0 Å². The molecule has 7 rings (SSSR count). The molecule has 11 heteroatoms. The maximum Gasteiger partial charge on any atom is 0.298 e. The van der Waals surface area contributed by atoms with E-state index >= 15 is 0 Å². The van der Waals surface area contributed by atoms with Crippen molar-refractivity contribution in [1.29, 1.82) is 0 Å². The summed E-state index contributed by atoms with van der Waals surface area (Å²) in [5, 5.41) is 6.19. The van der Waals surface area contributed by atoms with E-state index in [1.807, 2.05) is 22.9 Å². The van der Waals surface area contributed by atoms with Crippen LogP contribution in [0.25, 0.3) is 22.2 Å². The molecule has 0 radical (unpaired) electrons. The van der Waals surface area contributed by atoms with Gasteiger partial charge in [0.05, 0.1) is 18.2 Å². The van der Waals surface area contributed by atoms with Crippen molar-refractivity contribution < 1.29 is 22.7 Å². The van der Waals surface area contributed by atoms with E-state index < -0.39 is 21.5 Å². The SMILES string of the molecule is COc1ccc(-c2c(C3CCCCC3)c3ccc(C(=O)NS(N)(=O)=O)cc3n2CC2(C(=O)N3CCN4CCCC4C3)CC2)cc1. The zero-order chi connectivity index (χ0) is 31.3. The lowest BCUT2D eigenvalue weighted by molar-refractivity contribution is -0.140. The van der Waals surface area contributed by atoms with Crippen molar-refractivity contribution in [2.75, 3.05) is 33.3 Å². The van der Waals surface area contributed by atoms with Gasteiger partial charge in [0.1, 0.15) is 5.75 Å². The van der Waals surface area contributed by atoms with Gasteiger partial charge in [-0.15, -0.1) is 0 Å². The molecule has 2 aliphatic heterocycles. The van der Waals surface area contributed by atoms with Crippen molar-refractivity contribution in [3.63, 3.8) is 0 Å². The number of nitrogens with two attached hydrogens (primary N) is 1. The number of ether oxygens (including phenoxy) is 1. The summed E-state index contributed by atoms with van der Waals surface area (Å²) in [5.41, 5.74) is 3.89. The Bertz CT molecular complexity index is 1720. The summed E-state index contributed by atoms with van der Waals surface area (Å²) in [6, 6.07) is 13.9. The number of carbonyl (C=O) groups is 2. The zero-order valence-corrected chi connectivity index (χ0v) is 26.8. The molecule has 2 amide bonds. The topological polar surface area (TPSA) is 127 Å². The molecule has 0 spiro atoms. The van der Waals surface area contributed by atoms with Crippen LogP contribution >= 0.6 is 0 Å². The van der Waals surface area contributed by atoms with Gasteiger partial charge >= 0.3 is 0 Å². The van der Waals surface area contributed by atoms with Crippen LogP contribution < -0.4 is 14.6 Å². The van der Waals surface area contributed by atoms with Crippen LogP contribution in [0, 0.1) is 5.41 Å². The normalized spacial score (nSPS) is 21.9. The minimum atomic E-state index is -4.23. The summed E-state index contributed by atoms with van der Waals surface area (Å²) < 4.78 is 33.1. The number of hydrogen-bond acceptors (Lipinski definition) is 6. The largest absolute Gasteiger partial charge is 0.497 e. The number of hydrogen-bond donors (Lipinski definition) is 2. The molecule has 4 aliphatic rings. The quantitative estimate of drug-likeness (QED) is 0.379. The molecule has 2 saturated heterocycles. The molecular weight excluding hydrogens is 590 g/mol. The minimum absolute atomic E-state index is 0.209. The van der Waals surface area contributed by atoms with E-state index in [2.05, 4.69) is 26.5 Å². The number of rotatable bonds is 8. The van der Waals surface area contributed by atoms with Crippen LogP contribution in [0.1, 0.15) is 79.6 Å². The number of aromatic nitrogens is 1. The number of fused-ring (bicyclic) bond motifs is 2. The Labute approximate surface area is 265 Å². The molecule has 4 fully saturated rings. The minimum Gasteiger partial charge on any atom is -0.497 e. The Hall–Kier alpha value is -3.41. The molecule has 1 aromatic heterocycles. The second kappa shape index (κ2) is 11.7. The average molecular weight is 634 g/mol. The van der Waals surface area contributed by atoms with Gasteiger partial charge in [-0.05, 0) is 98.5 Å². The van der Waals surface area contributed by atoms with Crippen LogP contribution in [-0.4, -0.2) is 73.9 Å². The van der Waals surface area contributed by atoms with Crippen LogP contribution in [0.15, 0.2) is 42.5 Å². The summed E-state index contributed by atoms with van der Waals surface area (Å²) in [4.78, 5) is 31.9. The van der Waals surface area contributed by atoms with Crippen molar-refractivity contribution in [3.8, 4) is 17.0 Å². The first-order valence-corrected chi connectivity index (χ1v) is 17.9. The van der Waals surface area contributed by atoms with Gasteiger partial charge in [0, 0.05) is 48.7 Å². The lowest BCUT2D eigenvalue weighted by atomic mass is 9.81. The van der Waals surface area contributed by atoms with E-state index in [1.54, 1.807) is 19.2 Å². The molecule has 1 unspecified atom stereocenters. The fourth-order valence-corrected chi connectivity index (χ4v) is 8.51. The predicted molar refractivity (Wildman–Crippen MR) is 173 cm³/mol. The van der Waals surface area contributed by atoms with Gasteiger partial charge < -0.3 is 14.2 Å². The number of methoxy groups -OCH3 is 1. The first kappa shape index (κ1) is 30.3. The van der Waals surface area contributed by atoms with Crippen LogP contribution in [0.3, 0.4) is 0 Å². The van der Waals surface area contributed by atoms with Crippen molar-refractivity contribution >= 4 is 32.9 Å². The lowest BCUT2D eigenvalue weighted by Crippen LogP contribution is -2.54. The number of nitrogens with one attached hydrogen (secondary N) is 1. The fraction of sp³-hybridized carbons (Fsp3) is 0.529. The third-order valence-electron chi connectivity index (χ3n) is 10.6. The second-order valence-corrected chi connectivity index (χ2v) is 14.8. The number of amides is 2. The predicted octanol–water partition coefficient (Wildman–Crippen LogP) is 4.38. The van der Waals surface area contributed by atoms with Gasteiger partial charge in [0.25, 0.3) is 16.1 Å². The molecule has 3 aromatic rings. The zero-order valence-electron chi connectivity index (χ0n) is 26.0. The first-order chi connectivity index (χ1) is 21.7. The molecule has 10 nitrogen and oxygen atoms in total. The molecule has 0 bridgehead atoms. The molecule has 1 atom stereocenters. The van der Waals surface area contributed by atoms with Crippen molar-refractivity contribution in [1.82, 2.24) is 19.1 Å². The van der Waals surface area contributed by atoms with E-state index in [0.717, 1.165) is 99.0 Å². The highest BCUT2D eigenvalue weighted by Gasteiger charge is 2.53. The summed E-state index contributed by atoms with van der Waals surface area (Å²) in [7, 11) is -2.57. The van der Waals surface area contributed by atoms with Gasteiger partial charge in [-0.2, -0.15) is 8.42 Å². The third kappa shape index (κ3) is 5.86. The fourth-order valence-electron chi connectivity index (χ4n) is 8.14. The number of carbonyl (C=O) groups excluding carboxylic acids is 2. The number of benzene rings is 2. The van der Waals surface area contributed by atoms with Gasteiger partial charge in [-0.3, -0.25) is 14.5 Å². The van der Waals surface area contributed by atoms with Crippen molar-refractivity contribution in [2.45, 2.75) is 76.3 Å². The molecule has 3 N–H and O–H groups in total. The smallest absolute Gasteiger partial charge is 0.298 e. The summed E-state index contributed by atoms with van der Waals surface area (Å²) in [6.07, 6.45) is 9.67. The first-order valence-electron chi connectivity index (χ1n) is 16.3. The highest BCUT2D eigenvalue weighted by atomic mass is 32.2. The Kier molecular flexibility index (Phi) is 7.90.